The summed E-state index contributed by atoms with van der Waals surface area (Å²) in [5.74, 6) is 0.925. The SMILES string of the molecule is O=C(Nc1ccnn1C1CCCC1)C1Cc2ccccc2S1. The van der Waals surface area contributed by atoms with Crippen molar-refractivity contribution in [1.82, 2.24) is 9.78 Å². The maximum Gasteiger partial charge on any atom is 0.239 e. The van der Waals surface area contributed by atoms with E-state index in [2.05, 4.69) is 22.5 Å². The van der Waals surface area contributed by atoms with Crippen LogP contribution in [0.25, 0.3) is 0 Å². The molecule has 1 aliphatic heterocycles. The van der Waals surface area contributed by atoms with Crippen LogP contribution in [0.2, 0.25) is 0 Å². The third-order valence-electron chi connectivity index (χ3n) is 4.53. The molecule has 2 heterocycles. The lowest BCUT2D eigenvalue weighted by Crippen LogP contribution is -2.26. The van der Waals surface area contributed by atoms with Crippen molar-refractivity contribution in [2.45, 2.75) is 48.3 Å². The number of carbonyl (C=O) groups is 1. The average Bonchev–Trinajstić information content (AvgIpc) is 3.26. The summed E-state index contributed by atoms with van der Waals surface area (Å²) in [6.45, 7) is 0. The van der Waals surface area contributed by atoms with Gasteiger partial charge in [0.25, 0.3) is 0 Å². The van der Waals surface area contributed by atoms with Crippen LogP contribution in [0.1, 0.15) is 37.3 Å². The van der Waals surface area contributed by atoms with Crippen LogP contribution in [-0.4, -0.2) is 20.9 Å². The molecule has 0 radical (unpaired) electrons. The summed E-state index contributed by atoms with van der Waals surface area (Å²) in [5.41, 5.74) is 1.27. The van der Waals surface area contributed by atoms with E-state index in [9.17, 15) is 4.79 Å². The highest BCUT2D eigenvalue weighted by Gasteiger charge is 2.29. The first-order valence-corrected chi connectivity index (χ1v) is 8.78. The number of amides is 1. The summed E-state index contributed by atoms with van der Waals surface area (Å²) in [6, 6.07) is 10.6. The highest BCUT2D eigenvalue weighted by atomic mass is 32.2. The van der Waals surface area contributed by atoms with Crippen LogP contribution >= 0.6 is 11.8 Å². The summed E-state index contributed by atoms with van der Waals surface area (Å²) in [5, 5.41) is 7.46. The second kappa shape index (κ2) is 5.80. The molecule has 1 unspecified atom stereocenters. The molecule has 1 amide bonds. The fourth-order valence-corrected chi connectivity index (χ4v) is 4.58. The van der Waals surface area contributed by atoms with E-state index in [-0.39, 0.29) is 11.2 Å². The van der Waals surface area contributed by atoms with Gasteiger partial charge in [-0.05, 0) is 30.9 Å². The molecule has 1 aliphatic carbocycles. The number of fused-ring (bicyclic) bond motifs is 1. The first kappa shape index (κ1) is 13.9. The Morgan fingerprint density at radius 1 is 1.23 bits per heavy atom. The highest BCUT2D eigenvalue weighted by molar-refractivity contribution is 8.01. The summed E-state index contributed by atoms with van der Waals surface area (Å²) in [4.78, 5) is 13.8. The molecule has 114 valence electrons. The molecule has 5 heteroatoms. The number of rotatable bonds is 3. The zero-order chi connectivity index (χ0) is 14.9. The van der Waals surface area contributed by atoms with Crippen molar-refractivity contribution < 1.29 is 4.79 Å². The van der Waals surface area contributed by atoms with E-state index in [4.69, 9.17) is 0 Å². The van der Waals surface area contributed by atoms with Crippen LogP contribution in [0.15, 0.2) is 41.4 Å². The number of nitrogens with one attached hydrogen (secondary N) is 1. The third kappa shape index (κ3) is 2.54. The Kier molecular flexibility index (Phi) is 3.66. The van der Waals surface area contributed by atoms with Crippen molar-refractivity contribution in [3.8, 4) is 0 Å². The first-order valence-electron chi connectivity index (χ1n) is 7.90. The molecule has 1 fully saturated rings. The fourth-order valence-electron chi connectivity index (χ4n) is 3.39. The number of hydrogen-bond acceptors (Lipinski definition) is 3. The van der Waals surface area contributed by atoms with E-state index in [1.807, 2.05) is 22.9 Å². The molecule has 1 saturated carbocycles. The van der Waals surface area contributed by atoms with Gasteiger partial charge >= 0.3 is 0 Å². The van der Waals surface area contributed by atoms with Gasteiger partial charge in [0.1, 0.15) is 5.82 Å². The van der Waals surface area contributed by atoms with Crippen molar-refractivity contribution in [2.75, 3.05) is 5.32 Å². The van der Waals surface area contributed by atoms with Gasteiger partial charge in [-0.2, -0.15) is 5.10 Å². The minimum atomic E-state index is -0.0377. The molecule has 4 nitrogen and oxygen atoms in total. The minimum Gasteiger partial charge on any atom is -0.310 e. The van der Waals surface area contributed by atoms with Crippen molar-refractivity contribution in [3.05, 3.63) is 42.1 Å². The molecule has 1 atom stereocenters. The maximum atomic E-state index is 12.6. The summed E-state index contributed by atoms with van der Waals surface area (Å²) >= 11 is 1.66. The van der Waals surface area contributed by atoms with Crippen molar-refractivity contribution >= 4 is 23.5 Å². The summed E-state index contributed by atoms with van der Waals surface area (Å²) in [7, 11) is 0. The van der Waals surface area contributed by atoms with Gasteiger partial charge in [0.15, 0.2) is 0 Å². The Morgan fingerprint density at radius 2 is 2.05 bits per heavy atom. The highest BCUT2D eigenvalue weighted by Crippen LogP contribution is 2.37. The summed E-state index contributed by atoms with van der Waals surface area (Å²) < 4.78 is 2.00. The molecule has 0 bridgehead atoms. The number of hydrogen-bond donors (Lipinski definition) is 1. The second-order valence-electron chi connectivity index (χ2n) is 6.01. The van der Waals surface area contributed by atoms with Crippen molar-refractivity contribution in [1.29, 1.82) is 0 Å². The number of aromatic nitrogens is 2. The van der Waals surface area contributed by atoms with Crippen LogP contribution in [0, 0.1) is 0 Å². The van der Waals surface area contributed by atoms with Gasteiger partial charge in [0.2, 0.25) is 5.91 Å². The molecule has 0 saturated heterocycles. The Labute approximate surface area is 134 Å². The zero-order valence-electron chi connectivity index (χ0n) is 12.4. The van der Waals surface area contributed by atoms with E-state index in [0.29, 0.717) is 6.04 Å². The van der Waals surface area contributed by atoms with Gasteiger partial charge in [-0.3, -0.25) is 4.79 Å². The van der Waals surface area contributed by atoms with Crippen LogP contribution in [-0.2, 0) is 11.2 Å². The molecule has 1 aromatic heterocycles. The van der Waals surface area contributed by atoms with Gasteiger partial charge in [0, 0.05) is 11.0 Å². The number of benzene rings is 1. The normalized spacial score (nSPS) is 21.0. The second-order valence-corrected chi connectivity index (χ2v) is 7.25. The van der Waals surface area contributed by atoms with Gasteiger partial charge in [-0.1, -0.05) is 31.0 Å². The van der Waals surface area contributed by atoms with Crippen LogP contribution < -0.4 is 5.32 Å². The largest absolute Gasteiger partial charge is 0.310 e. The maximum absolute atomic E-state index is 12.6. The Bertz CT molecular complexity index is 666. The van der Waals surface area contributed by atoms with Crippen LogP contribution in [0.4, 0.5) is 5.82 Å². The number of nitrogens with zero attached hydrogens (tertiary/aromatic N) is 2. The lowest BCUT2D eigenvalue weighted by atomic mass is 10.1. The van der Waals surface area contributed by atoms with Gasteiger partial charge in [-0.25, -0.2) is 4.68 Å². The number of anilines is 1. The lowest BCUT2D eigenvalue weighted by molar-refractivity contribution is -0.115. The molecular formula is C17H19N3OS. The zero-order valence-corrected chi connectivity index (χ0v) is 13.2. The predicted octanol–water partition coefficient (Wildman–Crippen LogP) is 3.65. The Morgan fingerprint density at radius 3 is 2.86 bits per heavy atom. The fraction of sp³-hybridized carbons (Fsp3) is 0.412. The van der Waals surface area contributed by atoms with Crippen LogP contribution in [0.3, 0.4) is 0 Å². The molecule has 1 N–H and O–H groups in total. The number of thioether (sulfide) groups is 1. The first-order chi connectivity index (χ1) is 10.8. The van der Waals surface area contributed by atoms with Crippen molar-refractivity contribution in [3.63, 3.8) is 0 Å². The standard InChI is InChI=1S/C17H19N3OS/c21-17(15-11-12-5-1-4-8-14(12)22-15)19-16-9-10-18-20(16)13-6-2-3-7-13/h1,4-5,8-10,13,15H,2-3,6-7,11H2,(H,19,21). The predicted molar refractivity (Wildman–Crippen MR) is 88.2 cm³/mol. The quantitative estimate of drug-likeness (QED) is 0.941. The molecule has 22 heavy (non-hydrogen) atoms. The molecule has 0 spiro atoms. The molecule has 4 rings (SSSR count). The molecule has 2 aliphatic rings. The smallest absolute Gasteiger partial charge is 0.239 e. The van der Waals surface area contributed by atoms with Crippen molar-refractivity contribution in [2.24, 2.45) is 0 Å². The molecule has 1 aromatic carbocycles. The van der Waals surface area contributed by atoms with Gasteiger partial charge < -0.3 is 5.32 Å². The van der Waals surface area contributed by atoms with Gasteiger partial charge in [0.05, 0.1) is 17.5 Å². The molecule has 2 aromatic rings. The van der Waals surface area contributed by atoms with Crippen LogP contribution in [0.5, 0.6) is 0 Å². The summed E-state index contributed by atoms with van der Waals surface area (Å²) in [6.07, 6.45) is 7.43. The van der Waals surface area contributed by atoms with E-state index >= 15 is 0 Å². The lowest BCUT2D eigenvalue weighted by Gasteiger charge is -2.16. The van der Waals surface area contributed by atoms with E-state index < -0.39 is 0 Å². The van der Waals surface area contributed by atoms with E-state index in [1.54, 1.807) is 18.0 Å². The number of carbonyl (C=O) groups excluding carboxylic acids is 1. The minimum absolute atomic E-state index is 0.0377. The van der Waals surface area contributed by atoms with E-state index in [0.717, 1.165) is 25.1 Å². The van der Waals surface area contributed by atoms with E-state index in [1.165, 1.54) is 23.3 Å². The van der Waals surface area contributed by atoms with Gasteiger partial charge in [-0.15, -0.1) is 11.8 Å². The molecular weight excluding hydrogens is 294 g/mol. The monoisotopic (exact) mass is 313 g/mol. The third-order valence-corrected chi connectivity index (χ3v) is 5.85. The average molecular weight is 313 g/mol. The topological polar surface area (TPSA) is 46.9 Å². The Hall–Kier alpha value is -1.75. The Balaban J connectivity index is 1.46.